The summed E-state index contributed by atoms with van der Waals surface area (Å²) in [6.45, 7) is 0.364. The number of hydrogen-bond donors (Lipinski definition) is 7. The van der Waals surface area contributed by atoms with E-state index in [1.165, 1.54) is 6.07 Å². The lowest BCUT2D eigenvalue weighted by Crippen LogP contribution is -2.66. The van der Waals surface area contributed by atoms with E-state index in [4.69, 9.17) is 0 Å². The molecule has 0 unspecified atom stereocenters. The third kappa shape index (κ3) is 6.69. The molecule has 1 fully saturated rings. The molecule has 1 aliphatic rings. The minimum atomic E-state index is -1.86. The lowest BCUT2D eigenvalue weighted by Gasteiger charge is -2.45. The summed E-state index contributed by atoms with van der Waals surface area (Å²) in [6, 6.07) is 5.87. The van der Waals surface area contributed by atoms with Crippen LogP contribution in [0.2, 0.25) is 0 Å². The topological polar surface area (TPSA) is 194 Å². The van der Waals surface area contributed by atoms with Gasteiger partial charge in [0.2, 0.25) is 0 Å². The van der Waals surface area contributed by atoms with Gasteiger partial charge in [0.1, 0.15) is 23.5 Å². The van der Waals surface area contributed by atoms with Crippen LogP contribution >= 0.6 is 0 Å². The van der Waals surface area contributed by atoms with Gasteiger partial charge in [0, 0.05) is 36.6 Å². The molecule has 3 rings (SSSR count). The number of rotatable bonds is 12. The Bertz CT molecular complexity index is 967. The van der Waals surface area contributed by atoms with Crippen LogP contribution in [0.15, 0.2) is 36.7 Å². The average Bonchev–Trinajstić information content (AvgIpc) is 2.87. The van der Waals surface area contributed by atoms with Gasteiger partial charge in [0.25, 0.3) is 5.69 Å². The highest BCUT2D eigenvalue weighted by molar-refractivity contribution is 5.70. The average molecular weight is 492 g/mol. The van der Waals surface area contributed by atoms with E-state index in [1.54, 1.807) is 30.6 Å². The molecular formula is C23H33N5O7. The summed E-state index contributed by atoms with van der Waals surface area (Å²) in [7, 11) is 0. The number of nitro benzene ring substituents is 1. The maximum absolute atomic E-state index is 11.5. The van der Waals surface area contributed by atoms with E-state index in [2.05, 4.69) is 20.6 Å². The van der Waals surface area contributed by atoms with Gasteiger partial charge in [0.05, 0.1) is 17.6 Å². The highest BCUT2D eigenvalue weighted by Gasteiger charge is 2.50. The van der Waals surface area contributed by atoms with Gasteiger partial charge in [-0.25, -0.2) is 9.97 Å². The van der Waals surface area contributed by atoms with Gasteiger partial charge in [-0.15, -0.1) is 0 Å². The van der Waals surface area contributed by atoms with Crippen LogP contribution in [0.5, 0.6) is 0 Å². The molecule has 1 aromatic heterocycles. The first-order chi connectivity index (χ1) is 16.8. The summed E-state index contributed by atoms with van der Waals surface area (Å²) in [4.78, 5) is 19.3. The monoisotopic (exact) mass is 491 g/mol. The maximum atomic E-state index is 11.5. The highest BCUT2D eigenvalue weighted by atomic mass is 16.6. The summed E-state index contributed by atoms with van der Waals surface area (Å²) in [5, 5.41) is 67.2. The number of benzene rings is 1. The third-order valence-electron chi connectivity index (χ3n) is 6.33. The SMILES string of the molecule is O=[N+]([O-])c1cc(-c2ncccn2)ccc1NCCCCCCN[C@H]1C[C@](O)(CO)[C@@H](O)[C@H](O)[C@H]1O. The van der Waals surface area contributed by atoms with Crippen molar-refractivity contribution in [2.45, 2.75) is 62.1 Å². The van der Waals surface area contributed by atoms with E-state index in [0.29, 0.717) is 30.2 Å². The van der Waals surface area contributed by atoms with Crippen LogP contribution in [0, 0.1) is 10.1 Å². The molecule has 12 nitrogen and oxygen atoms in total. The predicted molar refractivity (Wildman–Crippen MR) is 128 cm³/mol. The standard InChI is InChI=1S/C23H33N5O7/c29-14-23(33)13-17(19(30)20(31)21(23)32)25-9-4-2-1-3-8-24-16-7-6-15(12-18(16)28(34)35)22-26-10-5-11-27-22/h5-7,10-12,17,19-21,24-25,29-33H,1-4,8-9,13-14H2/t17-,19-,20+,21-,23-/m0/s1. The molecule has 0 spiro atoms. The molecule has 1 aromatic carbocycles. The van der Waals surface area contributed by atoms with E-state index < -0.39 is 41.5 Å². The van der Waals surface area contributed by atoms with Crippen LogP contribution in [0.25, 0.3) is 11.4 Å². The van der Waals surface area contributed by atoms with Crippen molar-refractivity contribution in [1.82, 2.24) is 15.3 Å². The van der Waals surface area contributed by atoms with Crippen molar-refractivity contribution in [3.8, 4) is 11.4 Å². The molecule has 5 atom stereocenters. The number of nitrogens with zero attached hydrogens (tertiary/aromatic N) is 3. The largest absolute Gasteiger partial charge is 0.393 e. The Morgan fingerprint density at radius 1 is 1.06 bits per heavy atom. The molecule has 1 saturated carbocycles. The fourth-order valence-corrected chi connectivity index (χ4v) is 4.25. The van der Waals surface area contributed by atoms with Crippen LogP contribution in [-0.2, 0) is 0 Å². The van der Waals surface area contributed by atoms with Crippen LogP contribution in [0.4, 0.5) is 11.4 Å². The number of hydrogen-bond acceptors (Lipinski definition) is 11. The zero-order valence-corrected chi connectivity index (χ0v) is 19.3. The molecule has 12 heteroatoms. The lowest BCUT2D eigenvalue weighted by molar-refractivity contribution is -0.383. The molecule has 0 aliphatic heterocycles. The van der Waals surface area contributed by atoms with Crippen molar-refractivity contribution in [2.75, 3.05) is 25.0 Å². The van der Waals surface area contributed by atoms with Crippen molar-refractivity contribution in [3.05, 3.63) is 46.8 Å². The van der Waals surface area contributed by atoms with E-state index in [0.717, 1.165) is 25.7 Å². The molecule has 1 aliphatic carbocycles. The van der Waals surface area contributed by atoms with E-state index in [-0.39, 0.29) is 12.1 Å². The Kier molecular flexibility index (Phi) is 9.43. The number of anilines is 1. The smallest absolute Gasteiger partial charge is 0.293 e. The normalized spacial score (nSPS) is 26.4. The Labute approximate surface area is 202 Å². The number of unbranched alkanes of at least 4 members (excludes halogenated alkanes) is 3. The van der Waals surface area contributed by atoms with Gasteiger partial charge >= 0.3 is 0 Å². The van der Waals surface area contributed by atoms with Crippen LogP contribution < -0.4 is 10.6 Å². The van der Waals surface area contributed by atoms with Gasteiger partial charge in [-0.1, -0.05) is 12.8 Å². The van der Waals surface area contributed by atoms with E-state index in [1.807, 2.05) is 0 Å². The third-order valence-corrected chi connectivity index (χ3v) is 6.33. The van der Waals surface area contributed by atoms with Crippen LogP contribution in [0.1, 0.15) is 32.1 Å². The van der Waals surface area contributed by atoms with Crippen LogP contribution in [-0.4, -0.2) is 90.1 Å². The van der Waals surface area contributed by atoms with E-state index in [9.17, 15) is 35.6 Å². The minimum Gasteiger partial charge on any atom is -0.393 e. The first-order valence-corrected chi connectivity index (χ1v) is 11.7. The molecule has 0 saturated heterocycles. The summed E-state index contributed by atoms with van der Waals surface area (Å²) in [5.74, 6) is 0.420. The second-order valence-electron chi connectivity index (χ2n) is 8.85. The van der Waals surface area contributed by atoms with Gasteiger partial charge < -0.3 is 36.2 Å². The van der Waals surface area contributed by atoms with Crippen molar-refractivity contribution in [1.29, 1.82) is 0 Å². The summed E-state index contributed by atoms with van der Waals surface area (Å²) >= 11 is 0. The molecular weight excluding hydrogens is 458 g/mol. The molecule has 0 bridgehead atoms. The van der Waals surface area contributed by atoms with Crippen molar-refractivity contribution in [3.63, 3.8) is 0 Å². The Morgan fingerprint density at radius 2 is 1.74 bits per heavy atom. The summed E-state index contributed by atoms with van der Waals surface area (Å²) < 4.78 is 0. The second-order valence-corrected chi connectivity index (χ2v) is 8.85. The molecule has 7 N–H and O–H groups in total. The van der Waals surface area contributed by atoms with E-state index >= 15 is 0 Å². The number of aliphatic hydroxyl groups excluding tert-OH is 4. The zero-order valence-electron chi connectivity index (χ0n) is 19.3. The molecule has 0 radical (unpaired) electrons. The van der Waals surface area contributed by atoms with Crippen molar-refractivity contribution < 1.29 is 30.5 Å². The number of nitro groups is 1. The number of aliphatic hydroxyl groups is 5. The first-order valence-electron chi connectivity index (χ1n) is 11.7. The second kappa shape index (κ2) is 12.3. The molecule has 192 valence electrons. The van der Waals surface area contributed by atoms with Gasteiger partial charge in [-0.05, 0) is 44.0 Å². The number of aromatic nitrogens is 2. The van der Waals surface area contributed by atoms with Crippen LogP contribution in [0.3, 0.4) is 0 Å². The highest BCUT2D eigenvalue weighted by Crippen LogP contribution is 2.30. The van der Waals surface area contributed by atoms with Gasteiger partial charge in [-0.2, -0.15) is 0 Å². The first kappa shape index (κ1) is 26.9. The fourth-order valence-electron chi connectivity index (χ4n) is 4.25. The molecule has 1 heterocycles. The maximum Gasteiger partial charge on any atom is 0.293 e. The summed E-state index contributed by atoms with van der Waals surface area (Å²) in [6.07, 6.45) is 1.94. The minimum absolute atomic E-state index is 0.0414. The zero-order chi connectivity index (χ0) is 25.4. The Morgan fingerprint density at radius 3 is 2.40 bits per heavy atom. The molecule has 2 aromatic rings. The fraction of sp³-hybridized carbons (Fsp3) is 0.565. The number of nitrogens with one attached hydrogen (secondary N) is 2. The lowest BCUT2D eigenvalue weighted by atomic mass is 9.76. The Hall–Kier alpha value is -2.74. The molecule has 0 amide bonds. The van der Waals surface area contributed by atoms with Gasteiger partial charge in [0.15, 0.2) is 5.82 Å². The van der Waals surface area contributed by atoms with Crippen molar-refractivity contribution >= 4 is 11.4 Å². The Balaban J connectivity index is 1.39. The molecule has 35 heavy (non-hydrogen) atoms. The quantitative estimate of drug-likeness (QED) is 0.122. The van der Waals surface area contributed by atoms with Crippen molar-refractivity contribution in [2.24, 2.45) is 0 Å². The van der Waals surface area contributed by atoms with Gasteiger partial charge in [-0.3, -0.25) is 10.1 Å². The predicted octanol–water partition coefficient (Wildman–Crippen LogP) is 0.192. The summed E-state index contributed by atoms with van der Waals surface area (Å²) in [5.41, 5.74) is -0.908.